The third-order valence-corrected chi connectivity index (χ3v) is 3.43. The van der Waals surface area contributed by atoms with E-state index in [0.717, 1.165) is 11.4 Å². The molecule has 0 unspecified atom stereocenters. The van der Waals surface area contributed by atoms with Crippen molar-refractivity contribution in [2.75, 3.05) is 25.5 Å². The Bertz CT molecular complexity index is 629. The van der Waals surface area contributed by atoms with Crippen LogP contribution in [0.1, 0.15) is 12.0 Å². The Balaban J connectivity index is 1.64. The van der Waals surface area contributed by atoms with Crippen LogP contribution in [0.15, 0.2) is 48.5 Å². The largest absolute Gasteiger partial charge is 0.497 e. The van der Waals surface area contributed by atoms with Crippen molar-refractivity contribution in [2.45, 2.75) is 12.8 Å². The summed E-state index contributed by atoms with van der Waals surface area (Å²) in [5, 5.41) is 5.96. The highest BCUT2D eigenvalue weighted by atomic mass is 19.1. The van der Waals surface area contributed by atoms with Gasteiger partial charge in [-0.2, -0.15) is 0 Å². The van der Waals surface area contributed by atoms with E-state index in [2.05, 4.69) is 10.6 Å². The number of methoxy groups -OCH3 is 1. The molecule has 0 aliphatic heterocycles. The number of benzene rings is 2. The van der Waals surface area contributed by atoms with E-state index in [9.17, 15) is 9.18 Å². The maximum absolute atomic E-state index is 13.4. The van der Waals surface area contributed by atoms with Crippen LogP contribution in [0, 0.1) is 5.82 Å². The van der Waals surface area contributed by atoms with Crippen molar-refractivity contribution in [3.8, 4) is 5.75 Å². The molecule has 2 aromatic carbocycles. The second-order valence-electron chi connectivity index (χ2n) is 5.12. The maximum Gasteiger partial charge on any atom is 0.225 e. The average Bonchev–Trinajstić information content (AvgIpc) is 2.57. The molecule has 0 heterocycles. The zero-order chi connectivity index (χ0) is 16.5. The van der Waals surface area contributed by atoms with Gasteiger partial charge < -0.3 is 15.4 Å². The van der Waals surface area contributed by atoms with E-state index in [1.54, 1.807) is 43.5 Å². The van der Waals surface area contributed by atoms with Crippen molar-refractivity contribution in [2.24, 2.45) is 0 Å². The molecule has 0 spiro atoms. The second-order valence-corrected chi connectivity index (χ2v) is 5.12. The highest BCUT2D eigenvalue weighted by molar-refractivity contribution is 5.90. The molecule has 0 fully saturated rings. The molecule has 0 aliphatic carbocycles. The van der Waals surface area contributed by atoms with Crippen LogP contribution < -0.4 is 15.4 Å². The number of carbonyl (C=O) groups excluding carboxylic acids is 1. The topological polar surface area (TPSA) is 50.4 Å². The number of anilines is 1. The molecule has 0 bridgehead atoms. The van der Waals surface area contributed by atoms with Crippen LogP contribution in [0.4, 0.5) is 10.1 Å². The fraction of sp³-hybridized carbons (Fsp3) is 0.278. The average molecular weight is 316 g/mol. The Morgan fingerprint density at radius 2 is 1.83 bits per heavy atom. The molecule has 0 atom stereocenters. The summed E-state index contributed by atoms with van der Waals surface area (Å²) in [6.45, 7) is 1.19. The standard InChI is InChI=1S/C18H21FN2O2/c1-23-16-8-6-15(7-9-16)21-18(22)11-13-20-12-10-14-4-2-3-5-17(14)19/h2-9,20H,10-13H2,1H3,(H,21,22). The van der Waals surface area contributed by atoms with E-state index in [1.165, 1.54) is 6.07 Å². The lowest BCUT2D eigenvalue weighted by Crippen LogP contribution is -2.23. The van der Waals surface area contributed by atoms with Gasteiger partial charge in [-0.3, -0.25) is 4.79 Å². The van der Waals surface area contributed by atoms with Gasteiger partial charge in [-0.1, -0.05) is 18.2 Å². The van der Waals surface area contributed by atoms with Crippen LogP contribution in [0.3, 0.4) is 0 Å². The van der Waals surface area contributed by atoms with Crippen molar-refractivity contribution < 1.29 is 13.9 Å². The van der Waals surface area contributed by atoms with Crippen LogP contribution >= 0.6 is 0 Å². The molecule has 23 heavy (non-hydrogen) atoms. The molecule has 5 heteroatoms. The molecule has 0 saturated carbocycles. The van der Waals surface area contributed by atoms with Gasteiger partial charge in [0.1, 0.15) is 11.6 Å². The fourth-order valence-electron chi connectivity index (χ4n) is 2.15. The molecule has 122 valence electrons. The van der Waals surface area contributed by atoms with E-state index in [-0.39, 0.29) is 11.7 Å². The summed E-state index contributed by atoms with van der Waals surface area (Å²) in [5.41, 5.74) is 1.42. The smallest absolute Gasteiger partial charge is 0.225 e. The van der Waals surface area contributed by atoms with E-state index < -0.39 is 0 Å². The zero-order valence-corrected chi connectivity index (χ0v) is 13.1. The van der Waals surface area contributed by atoms with Gasteiger partial charge in [0.15, 0.2) is 0 Å². The normalized spacial score (nSPS) is 10.3. The summed E-state index contributed by atoms with van der Waals surface area (Å²) >= 11 is 0. The quantitative estimate of drug-likeness (QED) is 0.736. The van der Waals surface area contributed by atoms with Crippen molar-refractivity contribution in [3.63, 3.8) is 0 Å². The highest BCUT2D eigenvalue weighted by Gasteiger charge is 2.03. The van der Waals surface area contributed by atoms with E-state index >= 15 is 0 Å². The van der Waals surface area contributed by atoms with Crippen LogP contribution in [-0.2, 0) is 11.2 Å². The number of hydrogen-bond acceptors (Lipinski definition) is 3. The minimum absolute atomic E-state index is 0.0615. The lowest BCUT2D eigenvalue weighted by Gasteiger charge is -2.08. The third kappa shape index (κ3) is 5.71. The number of nitrogens with one attached hydrogen (secondary N) is 2. The molecular weight excluding hydrogens is 295 g/mol. The van der Waals surface area contributed by atoms with Gasteiger partial charge in [-0.25, -0.2) is 4.39 Å². The number of halogens is 1. The first-order valence-electron chi connectivity index (χ1n) is 7.57. The minimum Gasteiger partial charge on any atom is -0.497 e. The van der Waals surface area contributed by atoms with Crippen LogP contribution in [0.2, 0.25) is 0 Å². The van der Waals surface area contributed by atoms with Crippen molar-refractivity contribution in [3.05, 3.63) is 59.9 Å². The number of amides is 1. The Morgan fingerprint density at radius 1 is 1.09 bits per heavy atom. The first-order valence-corrected chi connectivity index (χ1v) is 7.57. The number of rotatable bonds is 8. The predicted octanol–water partition coefficient (Wildman–Crippen LogP) is 3.00. The summed E-state index contributed by atoms with van der Waals surface area (Å²) in [6, 6.07) is 13.9. The van der Waals surface area contributed by atoms with E-state index in [4.69, 9.17) is 4.74 Å². The van der Waals surface area contributed by atoms with E-state index in [0.29, 0.717) is 31.5 Å². The van der Waals surface area contributed by atoms with Crippen molar-refractivity contribution in [1.82, 2.24) is 5.32 Å². The summed E-state index contributed by atoms with van der Waals surface area (Å²) in [6.07, 6.45) is 0.968. The SMILES string of the molecule is COc1ccc(NC(=O)CCNCCc2ccccc2F)cc1. The minimum atomic E-state index is -0.188. The van der Waals surface area contributed by atoms with Crippen LogP contribution in [-0.4, -0.2) is 26.1 Å². The number of ether oxygens (including phenoxy) is 1. The van der Waals surface area contributed by atoms with Gasteiger partial charge in [0.05, 0.1) is 7.11 Å². The van der Waals surface area contributed by atoms with Gasteiger partial charge in [0.2, 0.25) is 5.91 Å². The molecule has 0 saturated heterocycles. The third-order valence-electron chi connectivity index (χ3n) is 3.43. The Labute approximate surface area is 135 Å². The van der Waals surface area contributed by atoms with Gasteiger partial charge >= 0.3 is 0 Å². The molecule has 2 N–H and O–H groups in total. The number of carbonyl (C=O) groups is 1. The molecule has 2 rings (SSSR count). The first-order chi connectivity index (χ1) is 11.2. The fourth-order valence-corrected chi connectivity index (χ4v) is 2.15. The monoisotopic (exact) mass is 316 g/mol. The second kappa shape index (κ2) is 8.90. The number of hydrogen-bond donors (Lipinski definition) is 2. The molecule has 0 aromatic heterocycles. The van der Waals surface area contributed by atoms with Crippen LogP contribution in [0.25, 0.3) is 0 Å². The van der Waals surface area contributed by atoms with Gasteiger partial charge in [0.25, 0.3) is 0 Å². The lowest BCUT2D eigenvalue weighted by atomic mass is 10.1. The molecular formula is C18H21FN2O2. The first kappa shape index (κ1) is 17.0. The lowest BCUT2D eigenvalue weighted by molar-refractivity contribution is -0.116. The van der Waals surface area contributed by atoms with E-state index in [1.807, 2.05) is 6.07 Å². The zero-order valence-electron chi connectivity index (χ0n) is 13.1. The molecule has 0 aliphatic rings. The molecule has 2 aromatic rings. The summed E-state index contributed by atoms with van der Waals surface area (Å²) < 4.78 is 18.5. The van der Waals surface area contributed by atoms with Crippen LogP contribution in [0.5, 0.6) is 5.75 Å². The molecule has 0 radical (unpaired) electrons. The summed E-state index contributed by atoms with van der Waals surface area (Å²) in [4.78, 5) is 11.8. The van der Waals surface area contributed by atoms with Gasteiger partial charge in [-0.05, 0) is 48.9 Å². The Hall–Kier alpha value is -2.40. The predicted molar refractivity (Wildman–Crippen MR) is 89.2 cm³/mol. The Morgan fingerprint density at radius 3 is 2.52 bits per heavy atom. The maximum atomic E-state index is 13.4. The molecule has 4 nitrogen and oxygen atoms in total. The van der Waals surface area contributed by atoms with Gasteiger partial charge in [-0.15, -0.1) is 0 Å². The Kier molecular flexibility index (Phi) is 6.56. The molecule has 1 amide bonds. The summed E-state index contributed by atoms with van der Waals surface area (Å²) in [5.74, 6) is 0.498. The van der Waals surface area contributed by atoms with Gasteiger partial charge in [0, 0.05) is 18.7 Å². The van der Waals surface area contributed by atoms with Crippen molar-refractivity contribution >= 4 is 11.6 Å². The van der Waals surface area contributed by atoms with Crippen molar-refractivity contribution in [1.29, 1.82) is 0 Å². The summed E-state index contributed by atoms with van der Waals surface area (Å²) in [7, 11) is 1.60. The highest BCUT2D eigenvalue weighted by Crippen LogP contribution is 2.15.